The molecule has 0 fully saturated rings. The Bertz CT molecular complexity index is 2020. The predicted molar refractivity (Wildman–Crippen MR) is 156 cm³/mol. The molecule has 0 N–H and O–H groups in total. The molecule has 7 aromatic rings. The van der Waals surface area contributed by atoms with Crippen LogP contribution in [0.25, 0.3) is 66.2 Å². The van der Waals surface area contributed by atoms with Crippen LogP contribution in [0.3, 0.4) is 0 Å². The summed E-state index contributed by atoms with van der Waals surface area (Å²) in [5.74, 6) is 0.672. The molecule has 0 aliphatic rings. The Hall–Kier alpha value is -5.33. The molecule has 1 aromatic heterocycles. The van der Waals surface area contributed by atoms with Crippen molar-refractivity contribution in [2.75, 3.05) is 0 Å². The Morgan fingerprint density at radius 1 is 0.474 bits per heavy atom. The highest BCUT2D eigenvalue weighted by Crippen LogP contribution is 2.36. The summed E-state index contributed by atoms with van der Waals surface area (Å²) in [4.78, 5) is 9.97. The molecule has 0 saturated heterocycles. The summed E-state index contributed by atoms with van der Waals surface area (Å²) in [5, 5.41) is 16.5. The topological polar surface area (TPSA) is 49.6 Å². The minimum Gasteiger partial charge on any atom is -0.228 e. The molecule has 0 radical (unpaired) electrons. The molecule has 3 heteroatoms. The van der Waals surface area contributed by atoms with E-state index in [2.05, 4.69) is 72.8 Å². The van der Waals surface area contributed by atoms with Crippen LogP contribution in [0.1, 0.15) is 5.56 Å². The van der Waals surface area contributed by atoms with Crippen molar-refractivity contribution >= 4 is 32.3 Å². The molecule has 0 amide bonds. The summed E-state index contributed by atoms with van der Waals surface area (Å²) in [7, 11) is 0. The number of rotatable bonds is 3. The molecule has 1 heterocycles. The third kappa shape index (κ3) is 3.77. The summed E-state index contributed by atoms with van der Waals surface area (Å²) in [6.45, 7) is 0. The lowest BCUT2D eigenvalue weighted by Crippen LogP contribution is -1.96. The highest BCUT2D eigenvalue weighted by atomic mass is 14.9. The van der Waals surface area contributed by atoms with Gasteiger partial charge in [-0.15, -0.1) is 0 Å². The summed E-state index contributed by atoms with van der Waals surface area (Å²) in [5.41, 5.74) is 5.28. The number of nitriles is 1. The minimum atomic E-state index is 0.625. The van der Waals surface area contributed by atoms with Crippen molar-refractivity contribution in [3.63, 3.8) is 0 Å². The number of hydrogen-bond acceptors (Lipinski definition) is 3. The quantitative estimate of drug-likeness (QED) is 0.186. The SMILES string of the molecule is N#Cc1ccc(-c2cc(-c3cccc4c3ccc3cc5ccccc5cc34)nc(-c3ccccc3)n2)cc1. The molecule has 0 atom stereocenters. The number of nitrogens with zero attached hydrogens (tertiary/aromatic N) is 3. The van der Waals surface area contributed by atoms with Crippen LogP contribution in [0, 0.1) is 11.3 Å². The van der Waals surface area contributed by atoms with Gasteiger partial charge in [0.25, 0.3) is 0 Å². The normalized spacial score (nSPS) is 11.1. The lowest BCUT2D eigenvalue weighted by Gasteiger charge is -2.13. The van der Waals surface area contributed by atoms with Gasteiger partial charge in [-0.05, 0) is 62.6 Å². The first-order chi connectivity index (χ1) is 18.8. The number of benzene rings is 6. The van der Waals surface area contributed by atoms with E-state index in [1.807, 2.05) is 60.7 Å². The van der Waals surface area contributed by atoms with Gasteiger partial charge in [0.2, 0.25) is 0 Å². The molecule has 0 bridgehead atoms. The molecular formula is C35H21N3. The van der Waals surface area contributed by atoms with E-state index in [1.54, 1.807) is 0 Å². The largest absolute Gasteiger partial charge is 0.228 e. The average Bonchev–Trinajstić information content (AvgIpc) is 3.00. The maximum absolute atomic E-state index is 9.24. The van der Waals surface area contributed by atoms with Crippen molar-refractivity contribution in [1.82, 2.24) is 9.97 Å². The van der Waals surface area contributed by atoms with E-state index in [1.165, 1.54) is 26.9 Å². The van der Waals surface area contributed by atoms with Crippen LogP contribution in [-0.2, 0) is 0 Å². The maximum atomic E-state index is 9.24. The van der Waals surface area contributed by atoms with Gasteiger partial charge in [-0.1, -0.05) is 97.1 Å². The van der Waals surface area contributed by atoms with Gasteiger partial charge < -0.3 is 0 Å². The van der Waals surface area contributed by atoms with Crippen molar-refractivity contribution < 1.29 is 0 Å². The van der Waals surface area contributed by atoms with Crippen LogP contribution in [0.15, 0.2) is 127 Å². The fourth-order valence-electron chi connectivity index (χ4n) is 5.17. The number of aromatic nitrogens is 2. The Balaban J connectivity index is 1.48. The van der Waals surface area contributed by atoms with Crippen LogP contribution >= 0.6 is 0 Å². The minimum absolute atomic E-state index is 0.625. The summed E-state index contributed by atoms with van der Waals surface area (Å²) in [6.07, 6.45) is 0. The smallest absolute Gasteiger partial charge is 0.160 e. The number of hydrogen-bond donors (Lipinski definition) is 0. The van der Waals surface area contributed by atoms with Gasteiger partial charge in [-0.3, -0.25) is 0 Å². The fourth-order valence-corrected chi connectivity index (χ4v) is 5.17. The van der Waals surface area contributed by atoms with E-state index in [9.17, 15) is 5.26 Å². The Morgan fingerprint density at radius 3 is 2.00 bits per heavy atom. The second-order valence-electron chi connectivity index (χ2n) is 9.40. The number of fused-ring (bicyclic) bond motifs is 4. The van der Waals surface area contributed by atoms with E-state index in [0.717, 1.165) is 33.5 Å². The van der Waals surface area contributed by atoms with E-state index in [-0.39, 0.29) is 0 Å². The van der Waals surface area contributed by atoms with Gasteiger partial charge >= 0.3 is 0 Å². The predicted octanol–water partition coefficient (Wildman–Crippen LogP) is 8.81. The highest BCUT2D eigenvalue weighted by molar-refractivity contribution is 6.15. The van der Waals surface area contributed by atoms with Crippen molar-refractivity contribution in [2.45, 2.75) is 0 Å². The monoisotopic (exact) mass is 483 g/mol. The van der Waals surface area contributed by atoms with Crippen LogP contribution < -0.4 is 0 Å². The third-order valence-corrected chi connectivity index (χ3v) is 7.09. The summed E-state index contributed by atoms with van der Waals surface area (Å²) < 4.78 is 0. The van der Waals surface area contributed by atoms with Crippen molar-refractivity contribution in [3.05, 3.63) is 133 Å². The summed E-state index contributed by atoms with van der Waals surface area (Å²) in [6, 6.07) is 45.7. The van der Waals surface area contributed by atoms with Crippen molar-refractivity contribution in [2.24, 2.45) is 0 Å². The molecule has 0 spiro atoms. The Kier molecular flexibility index (Phi) is 5.17. The second-order valence-corrected chi connectivity index (χ2v) is 9.40. The summed E-state index contributed by atoms with van der Waals surface area (Å²) >= 11 is 0. The lowest BCUT2D eigenvalue weighted by atomic mass is 9.94. The van der Waals surface area contributed by atoms with E-state index < -0.39 is 0 Å². The van der Waals surface area contributed by atoms with E-state index in [0.29, 0.717) is 11.4 Å². The molecule has 3 nitrogen and oxygen atoms in total. The maximum Gasteiger partial charge on any atom is 0.160 e. The first-order valence-corrected chi connectivity index (χ1v) is 12.6. The molecule has 7 rings (SSSR count). The lowest BCUT2D eigenvalue weighted by molar-refractivity contribution is 1.18. The standard InChI is InChI=1S/C35H21N3/c36-22-23-13-15-24(16-14-23)33-21-34(38-35(37-33)25-7-2-1-3-8-25)31-12-6-11-29-30(31)18-17-28-19-26-9-4-5-10-27(26)20-32(28)29/h1-21H. The zero-order chi connectivity index (χ0) is 25.5. The van der Waals surface area contributed by atoms with Crippen molar-refractivity contribution in [1.29, 1.82) is 5.26 Å². The van der Waals surface area contributed by atoms with E-state index in [4.69, 9.17) is 9.97 Å². The van der Waals surface area contributed by atoms with Crippen LogP contribution in [0.2, 0.25) is 0 Å². The zero-order valence-electron chi connectivity index (χ0n) is 20.5. The molecular weight excluding hydrogens is 462 g/mol. The fraction of sp³-hybridized carbons (Fsp3) is 0. The zero-order valence-corrected chi connectivity index (χ0v) is 20.5. The van der Waals surface area contributed by atoms with E-state index >= 15 is 0 Å². The molecule has 38 heavy (non-hydrogen) atoms. The average molecular weight is 484 g/mol. The van der Waals surface area contributed by atoms with Crippen LogP contribution in [0.4, 0.5) is 0 Å². The van der Waals surface area contributed by atoms with Crippen LogP contribution in [0.5, 0.6) is 0 Å². The highest BCUT2D eigenvalue weighted by Gasteiger charge is 2.14. The first-order valence-electron chi connectivity index (χ1n) is 12.6. The Morgan fingerprint density at radius 2 is 1.21 bits per heavy atom. The van der Waals surface area contributed by atoms with Gasteiger partial charge in [0.1, 0.15) is 0 Å². The van der Waals surface area contributed by atoms with Gasteiger partial charge in [-0.25, -0.2) is 9.97 Å². The van der Waals surface area contributed by atoms with Gasteiger partial charge in [0.05, 0.1) is 23.0 Å². The van der Waals surface area contributed by atoms with Gasteiger partial charge in [0.15, 0.2) is 5.82 Å². The molecule has 0 aliphatic heterocycles. The second kappa shape index (κ2) is 8.96. The van der Waals surface area contributed by atoms with Gasteiger partial charge in [0, 0.05) is 16.7 Å². The Labute approximate surface area is 220 Å². The molecule has 6 aromatic carbocycles. The molecule has 0 aliphatic carbocycles. The molecule has 0 unspecified atom stereocenters. The molecule has 176 valence electrons. The molecule has 0 saturated carbocycles. The van der Waals surface area contributed by atoms with Gasteiger partial charge in [-0.2, -0.15) is 5.26 Å². The third-order valence-electron chi connectivity index (χ3n) is 7.09. The van der Waals surface area contributed by atoms with Crippen molar-refractivity contribution in [3.8, 4) is 40.0 Å². The van der Waals surface area contributed by atoms with Crippen LogP contribution in [-0.4, -0.2) is 9.97 Å². The first kappa shape index (κ1) is 21.9.